The lowest BCUT2D eigenvalue weighted by atomic mass is 10.0. The van der Waals surface area contributed by atoms with E-state index in [0.717, 1.165) is 100 Å². The fraction of sp³-hybridized carbons (Fsp3) is 0.936. The van der Waals surface area contributed by atoms with Gasteiger partial charge in [0.1, 0.15) is 18.0 Å². The number of ketones is 1. The van der Waals surface area contributed by atoms with Gasteiger partial charge in [-0.1, -0.05) is 156 Å². The lowest BCUT2D eigenvalue weighted by Gasteiger charge is -2.18. The van der Waals surface area contributed by atoms with Gasteiger partial charge in [-0.2, -0.15) is 23.5 Å². The Kier molecular flexibility index (Phi) is 42.9. The smallest absolute Gasteiger partial charge is 0.306 e. The molecule has 0 aromatic rings. The van der Waals surface area contributed by atoms with Crippen LogP contribution in [0, 0.1) is 0 Å². The normalized spacial score (nSPS) is 12.5. The number of Topliss-reactive ketones (excluding diaryl/α,β-unsaturated/α-hetero) is 1. The number of ether oxygens (including phenoxy) is 2. The van der Waals surface area contributed by atoms with Gasteiger partial charge in [-0.05, 0) is 75.7 Å². The number of unbranched alkanes of at least 4 members (excludes halogenated alkanes) is 22. The maximum absolute atomic E-state index is 12.7. The molecule has 0 aliphatic rings. The molecule has 0 saturated carbocycles. The average molecular weight is 799 g/mol. The summed E-state index contributed by atoms with van der Waals surface area (Å²) < 4.78 is 12.0. The van der Waals surface area contributed by atoms with Gasteiger partial charge < -0.3 is 9.47 Å². The van der Waals surface area contributed by atoms with Crippen LogP contribution in [0.5, 0.6) is 0 Å². The summed E-state index contributed by atoms with van der Waals surface area (Å²) in [4.78, 5) is 38.0. The van der Waals surface area contributed by atoms with Crippen molar-refractivity contribution in [1.82, 2.24) is 0 Å². The molecule has 2 atom stereocenters. The van der Waals surface area contributed by atoms with Crippen LogP contribution in [0.1, 0.15) is 246 Å². The van der Waals surface area contributed by atoms with E-state index in [0.29, 0.717) is 31.5 Å². The maximum atomic E-state index is 12.7. The third kappa shape index (κ3) is 39.5. The van der Waals surface area contributed by atoms with Gasteiger partial charge in [0.05, 0.1) is 0 Å². The van der Waals surface area contributed by atoms with E-state index in [1.165, 1.54) is 116 Å². The molecule has 0 radical (unpaired) electrons. The summed E-state index contributed by atoms with van der Waals surface area (Å²) in [7, 11) is 0. The van der Waals surface area contributed by atoms with Crippen LogP contribution >= 0.6 is 23.5 Å². The minimum absolute atomic E-state index is 0.00296. The third-order valence-electron chi connectivity index (χ3n) is 10.4. The molecule has 0 spiro atoms. The zero-order chi connectivity index (χ0) is 39.6. The first kappa shape index (κ1) is 53.3. The molecule has 0 aromatic carbocycles. The van der Waals surface area contributed by atoms with Gasteiger partial charge in [-0.25, -0.2) is 0 Å². The van der Waals surface area contributed by atoms with Crippen LogP contribution in [0.3, 0.4) is 0 Å². The molecule has 0 N–H and O–H groups in total. The highest BCUT2D eigenvalue weighted by Crippen LogP contribution is 2.20. The summed E-state index contributed by atoms with van der Waals surface area (Å²) in [6.45, 7) is 8.97. The topological polar surface area (TPSA) is 69.7 Å². The van der Waals surface area contributed by atoms with E-state index in [4.69, 9.17) is 9.47 Å². The summed E-state index contributed by atoms with van der Waals surface area (Å²) >= 11 is 3.87. The predicted molar refractivity (Wildman–Crippen MR) is 239 cm³/mol. The third-order valence-corrected chi connectivity index (χ3v) is 12.8. The molecule has 0 heterocycles. The van der Waals surface area contributed by atoms with Crippen LogP contribution in [0.2, 0.25) is 0 Å². The van der Waals surface area contributed by atoms with Crippen molar-refractivity contribution in [3.8, 4) is 0 Å². The molecule has 0 aromatic heterocycles. The minimum atomic E-state index is -0.0236. The highest BCUT2D eigenvalue weighted by molar-refractivity contribution is 7.99. The summed E-state index contributed by atoms with van der Waals surface area (Å²) in [5.74, 6) is 4.40. The second-order valence-corrected chi connectivity index (χ2v) is 18.3. The number of thioether (sulfide) groups is 2. The van der Waals surface area contributed by atoms with Crippen molar-refractivity contribution in [3.05, 3.63) is 0 Å². The van der Waals surface area contributed by atoms with Crippen LogP contribution in [-0.4, -0.2) is 52.9 Å². The highest BCUT2D eigenvalue weighted by Gasteiger charge is 2.16. The highest BCUT2D eigenvalue weighted by atomic mass is 32.2. The number of esters is 2. The molecule has 0 fully saturated rings. The molecular formula is C47H90O5S2. The molecule has 5 nitrogen and oxygen atoms in total. The Morgan fingerprint density at radius 1 is 0.370 bits per heavy atom. The fourth-order valence-electron chi connectivity index (χ4n) is 6.85. The van der Waals surface area contributed by atoms with E-state index >= 15 is 0 Å². The number of hydrogen-bond acceptors (Lipinski definition) is 7. The second kappa shape index (κ2) is 43.4. The number of carbonyl (C=O) groups excluding carboxylic acids is 3. The van der Waals surface area contributed by atoms with Gasteiger partial charge in [0.25, 0.3) is 0 Å². The van der Waals surface area contributed by atoms with E-state index in [9.17, 15) is 14.4 Å². The quantitative estimate of drug-likeness (QED) is 0.0449. The molecule has 2 unspecified atom stereocenters. The average Bonchev–Trinajstić information content (AvgIpc) is 3.16. The van der Waals surface area contributed by atoms with Crippen LogP contribution < -0.4 is 0 Å². The van der Waals surface area contributed by atoms with E-state index < -0.39 is 0 Å². The fourth-order valence-corrected chi connectivity index (χ4v) is 9.00. The zero-order valence-electron chi connectivity index (χ0n) is 36.4. The first-order chi connectivity index (χ1) is 26.5. The van der Waals surface area contributed by atoms with Crippen molar-refractivity contribution in [1.29, 1.82) is 0 Å². The molecule has 320 valence electrons. The SMILES string of the molecule is CCCCCCCCCC(=O)OC(CCCCCC(=O)CCCCCC(CSCCCCCC)OC(=O)CCCCCCCCC)CSCCCCCC. The van der Waals surface area contributed by atoms with Gasteiger partial charge in [-0.3, -0.25) is 14.4 Å². The molecule has 54 heavy (non-hydrogen) atoms. The van der Waals surface area contributed by atoms with Crippen molar-refractivity contribution < 1.29 is 23.9 Å². The van der Waals surface area contributed by atoms with Crippen LogP contribution in [-0.2, 0) is 23.9 Å². The Bertz CT molecular complexity index is 758. The summed E-state index contributed by atoms with van der Waals surface area (Å²) in [6, 6.07) is 0. The summed E-state index contributed by atoms with van der Waals surface area (Å²) in [5.41, 5.74) is 0. The Hall–Kier alpha value is -0.690. The molecule has 0 bridgehead atoms. The largest absolute Gasteiger partial charge is 0.461 e. The second-order valence-electron chi connectivity index (χ2n) is 16.0. The molecule has 7 heteroatoms. The van der Waals surface area contributed by atoms with Gasteiger partial charge in [0.2, 0.25) is 0 Å². The Labute approximate surface area is 344 Å². The first-order valence-corrected chi connectivity index (χ1v) is 25.8. The Morgan fingerprint density at radius 2 is 0.667 bits per heavy atom. The molecule has 0 aliphatic carbocycles. The van der Waals surface area contributed by atoms with E-state index in [1.54, 1.807) is 0 Å². The summed E-state index contributed by atoms with van der Waals surface area (Å²) in [6.07, 6.45) is 37.1. The Balaban J connectivity index is 4.39. The standard InChI is InChI=1S/C47H90O5S2/c1-5-9-13-17-19-21-29-37-46(49)51-44(41-53-39-31-15-11-7-3)35-27-23-25-33-43(48)34-26-24-28-36-45(42-54-40-32-16-12-8-4)52-47(50)38-30-22-20-18-14-10-6-2/h44-45H,5-42H2,1-4H3. The first-order valence-electron chi connectivity index (χ1n) is 23.5. The van der Waals surface area contributed by atoms with Gasteiger partial charge in [0, 0.05) is 37.2 Å². The molecule has 0 amide bonds. The number of carbonyl (C=O) groups is 3. The van der Waals surface area contributed by atoms with Crippen LogP contribution in [0.25, 0.3) is 0 Å². The molecular weight excluding hydrogens is 709 g/mol. The minimum Gasteiger partial charge on any atom is -0.461 e. The molecule has 0 aliphatic heterocycles. The van der Waals surface area contributed by atoms with E-state index in [-0.39, 0.29) is 24.1 Å². The number of rotatable bonds is 44. The van der Waals surface area contributed by atoms with Gasteiger partial charge in [0.15, 0.2) is 0 Å². The van der Waals surface area contributed by atoms with Gasteiger partial charge >= 0.3 is 11.9 Å². The van der Waals surface area contributed by atoms with E-state index in [2.05, 4.69) is 27.7 Å². The lowest BCUT2D eigenvalue weighted by molar-refractivity contribution is -0.149. The molecule has 0 rings (SSSR count). The zero-order valence-corrected chi connectivity index (χ0v) is 38.0. The van der Waals surface area contributed by atoms with Crippen molar-refractivity contribution >= 4 is 41.2 Å². The van der Waals surface area contributed by atoms with Gasteiger partial charge in [-0.15, -0.1) is 0 Å². The Morgan fingerprint density at radius 3 is 1.04 bits per heavy atom. The number of hydrogen-bond donors (Lipinski definition) is 0. The van der Waals surface area contributed by atoms with E-state index in [1.807, 2.05) is 23.5 Å². The van der Waals surface area contributed by atoms with Crippen LogP contribution in [0.15, 0.2) is 0 Å². The van der Waals surface area contributed by atoms with Crippen molar-refractivity contribution in [2.24, 2.45) is 0 Å². The summed E-state index contributed by atoms with van der Waals surface area (Å²) in [5, 5.41) is 0. The maximum Gasteiger partial charge on any atom is 0.306 e. The monoisotopic (exact) mass is 799 g/mol. The van der Waals surface area contributed by atoms with Crippen molar-refractivity contribution in [3.63, 3.8) is 0 Å². The molecule has 0 saturated heterocycles. The predicted octanol–water partition coefficient (Wildman–Crippen LogP) is 15.2. The van der Waals surface area contributed by atoms with Crippen molar-refractivity contribution in [2.75, 3.05) is 23.0 Å². The van der Waals surface area contributed by atoms with Crippen molar-refractivity contribution in [2.45, 2.75) is 258 Å². The lowest BCUT2D eigenvalue weighted by Crippen LogP contribution is -2.21. The van der Waals surface area contributed by atoms with Crippen LogP contribution in [0.4, 0.5) is 0 Å².